The van der Waals surface area contributed by atoms with Gasteiger partial charge in [-0.1, -0.05) is 0 Å². The smallest absolute Gasteiger partial charge is 0.342 e. The Hall–Kier alpha value is -1.36. The van der Waals surface area contributed by atoms with Crippen LogP contribution in [0.3, 0.4) is 0 Å². The minimum Gasteiger partial charge on any atom is -0.464 e. The van der Waals surface area contributed by atoms with E-state index in [2.05, 4.69) is 4.74 Å². The molecule has 1 heterocycles. The summed E-state index contributed by atoms with van der Waals surface area (Å²) < 4.78 is 19.7. The first-order valence-corrected chi connectivity index (χ1v) is 4.75. The summed E-state index contributed by atoms with van der Waals surface area (Å²) in [6.45, 7) is 1.78. The lowest BCUT2D eigenvalue weighted by molar-refractivity contribution is -0.150. The SMILES string of the molecule is CCOC(=O)C(F)[C@@H](N)c1cccn1C. The van der Waals surface area contributed by atoms with Crippen LogP contribution in [0.1, 0.15) is 18.7 Å². The van der Waals surface area contributed by atoms with E-state index in [1.165, 1.54) is 0 Å². The lowest BCUT2D eigenvalue weighted by Crippen LogP contribution is -2.32. The van der Waals surface area contributed by atoms with Crippen LogP contribution in [0.2, 0.25) is 0 Å². The van der Waals surface area contributed by atoms with Crippen LogP contribution in [0.15, 0.2) is 18.3 Å². The van der Waals surface area contributed by atoms with Crippen LogP contribution >= 0.6 is 0 Å². The number of alkyl halides is 1. The fourth-order valence-electron chi connectivity index (χ4n) is 1.34. The summed E-state index contributed by atoms with van der Waals surface area (Å²) in [7, 11) is 1.74. The molecule has 0 bridgehead atoms. The number of ether oxygens (including phenoxy) is 1. The quantitative estimate of drug-likeness (QED) is 0.758. The summed E-state index contributed by atoms with van der Waals surface area (Å²) >= 11 is 0. The summed E-state index contributed by atoms with van der Waals surface area (Å²) in [4.78, 5) is 11.1. The number of nitrogens with zero attached hydrogens (tertiary/aromatic N) is 1. The number of carbonyl (C=O) groups is 1. The minimum atomic E-state index is -1.82. The molecule has 0 aliphatic carbocycles. The average molecular weight is 214 g/mol. The molecule has 0 aliphatic rings. The van der Waals surface area contributed by atoms with Crippen molar-refractivity contribution in [1.29, 1.82) is 0 Å². The van der Waals surface area contributed by atoms with Crippen molar-refractivity contribution < 1.29 is 13.9 Å². The highest BCUT2D eigenvalue weighted by Gasteiger charge is 2.28. The van der Waals surface area contributed by atoms with Gasteiger partial charge in [-0.05, 0) is 19.1 Å². The van der Waals surface area contributed by atoms with Crippen LogP contribution in [0.5, 0.6) is 0 Å². The minimum absolute atomic E-state index is 0.152. The van der Waals surface area contributed by atoms with Gasteiger partial charge in [0.2, 0.25) is 6.17 Å². The van der Waals surface area contributed by atoms with Gasteiger partial charge in [-0.2, -0.15) is 0 Å². The molecule has 5 heteroatoms. The highest BCUT2D eigenvalue weighted by atomic mass is 19.1. The Kier molecular flexibility index (Phi) is 3.85. The topological polar surface area (TPSA) is 57.2 Å². The number of hydrogen-bond acceptors (Lipinski definition) is 3. The number of nitrogens with two attached hydrogens (primary N) is 1. The van der Waals surface area contributed by atoms with Gasteiger partial charge in [0.25, 0.3) is 0 Å². The normalized spacial score (nSPS) is 14.7. The second kappa shape index (κ2) is 4.93. The zero-order valence-electron chi connectivity index (χ0n) is 8.81. The third kappa shape index (κ3) is 2.56. The number of halogens is 1. The summed E-state index contributed by atoms with van der Waals surface area (Å²) in [5, 5.41) is 0. The first kappa shape index (κ1) is 11.7. The molecule has 0 fully saturated rings. The molecule has 1 aromatic heterocycles. The van der Waals surface area contributed by atoms with Gasteiger partial charge in [0.1, 0.15) is 0 Å². The Bertz CT molecular complexity index is 338. The van der Waals surface area contributed by atoms with E-state index in [1.54, 1.807) is 36.9 Å². The lowest BCUT2D eigenvalue weighted by atomic mass is 10.1. The summed E-state index contributed by atoms with van der Waals surface area (Å²) in [5.41, 5.74) is 6.18. The Morgan fingerprint density at radius 3 is 2.87 bits per heavy atom. The molecule has 2 N–H and O–H groups in total. The van der Waals surface area contributed by atoms with Crippen molar-refractivity contribution in [3.8, 4) is 0 Å². The van der Waals surface area contributed by atoms with E-state index >= 15 is 0 Å². The first-order valence-electron chi connectivity index (χ1n) is 4.75. The molecule has 84 valence electrons. The molecule has 0 saturated heterocycles. The van der Waals surface area contributed by atoms with Gasteiger partial charge in [0, 0.05) is 18.9 Å². The third-order valence-electron chi connectivity index (χ3n) is 2.15. The van der Waals surface area contributed by atoms with Crippen molar-refractivity contribution in [2.24, 2.45) is 12.8 Å². The average Bonchev–Trinajstić information content (AvgIpc) is 2.62. The highest BCUT2D eigenvalue weighted by Crippen LogP contribution is 2.17. The number of aryl methyl sites for hydroxylation is 1. The van der Waals surface area contributed by atoms with Crippen molar-refractivity contribution >= 4 is 5.97 Å². The number of hydrogen-bond donors (Lipinski definition) is 1. The molecule has 1 aromatic rings. The van der Waals surface area contributed by atoms with Crippen LogP contribution in [-0.2, 0) is 16.6 Å². The molecule has 4 nitrogen and oxygen atoms in total. The van der Waals surface area contributed by atoms with Crippen LogP contribution < -0.4 is 5.73 Å². The fourth-order valence-corrected chi connectivity index (χ4v) is 1.34. The Morgan fingerprint density at radius 2 is 2.40 bits per heavy atom. The van der Waals surface area contributed by atoms with Gasteiger partial charge in [-0.15, -0.1) is 0 Å². The van der Waals surface area contributed by atoms with Crippen molar-refractivity contribution in [3.63, 3.8) is 0 Å². The van der Waals surface area contributed by atoms with Crippen LogP contribution in [0, 0.1) is 0 Å². The zero-order valence-corrected chi connectivity index (χ0v) is 8.81. The van der Waals surface area contributed by atoms with Gasteiger partial charge in [0.15, 0.2) is 0 Å². The largest absolute Gasteiger partial charge is 0.464 e. The van der Waals surface area contributed by atoms with E-state index in [-0.39, 0.29) is 6.61 Å². The van der Waals surface area contributed by atoms with Gasteiger partial charge in [-0.3, -0.25) is 0 Å². The predicted octanol–water partition coefficient (Wildman–Crippen LogP) is 0.926. The van der Waals surface area contributed by atoms with E-state index < -0.39 is 18.2 Å². The van der Waals surface area contributed by atoms with Crippen molar-refractivity contribution in [3.05, 3.63) is 24.0 Å². The number of rotatable bonds is 4. The van der Waals surface area contributed by atoms with E-state index in [0.29, 0.717) is 5.69 Å². The van der Waals surface area contributed by atoms with Gasteiger partial charge >= 0.3 is 5.97 Å². The van der Waals surface area contributed by atoms with Crippen LogP contribution in [0.4, 0.5) is 4.39 Å². The molecule has 0 amide bonds. The molecule has 0 saturated carbocycles. The maximum absolute atomic E-state index is 13.5. The molecule has 0 aromatic carbocycles. The summed E-state index contributed by atoms with van der Waals surface area (Å²) in [6.07, 6.45) is -0.0777. The number of carbonyl (C=O) groups excluding carboxylic acids is 1. The Balaban J connectivity index is 2.72. The van der Waals surface area contributed by atoms with E-state index in [0.717, 1.165) is 0 Å². The standard InChI is InChI=1S/C10H15FN2O2/c1-3-15-10(14)8(11)9(12)7-5-4-6-13(7)2/h4-6,8-9H,3,12H2,1-2H3/t8?,9-/m0/s1. The molecule has 1 unspecified atom stereocenters. The first-order chi connectivity index (χ1) is 7.07. The van der Waals surface area contributed by atoms with Gasteiger partial charge < -0.3 is 15.0 Å². The van der Waals surface area contributed by atoms with Crippen LogP contribution in [0.25, 0.3) is 0 Å². The van der Waals surface area contributed by atoms with Crippen LogP contribution in [-0.4, -0.2) is 23.3 Å². The monoisotopic (exact) mass is 214 g/mol. The van der Waals surface area contributed by atoms with E-state index in [9.17, 15) is 9.18 Å². The lowest BCUT2D eigenvalue weighted by Gasteiger charge is -2.16. The second-order valence-electron chi connectivity index (χ2n) is 3.22. The van der Waals surface area contributed by atoms with Crippen molar-refractivity contribution in [1.82, 2.24) is 4.57 Å². The van der Waals surface area contributed by atoms with E-state index in [4.69, 9.17) is 5.73 Å². The predicted molar refractivity (Wildman–Crippen MR) is 53.9 cm³/mol. The molecule has 0 aliphatic heterocycles. The highest BCUT2D eigenvalue weighted by molar-refractivity contribution is 5.75. The molecule has 2 atom stereocenters. The summed E-state index contributed by atoms with van der Waals surface area (Å²) in [6, 6.07) is 2.44. The number of esters is 1. The molecule has 0 radical (unpaired) electrons. The third-order valence-corrected chi connectivity index (χ3v) is 2.15. The maximum Gasteiger partial charge on any atom is 0.342 e. The Labute approximate surface area is 87.8 Å². The van der Waals surface area contributed by atoms with Gasteiger partial charge in [0.05, 0.1) is 12.6 Å². The molecule has 15 heavy (non-hydrogen) atoms. The molecular weight excluding hydrogens is 199 g/mol. The van der Waals surface area contributed by atoms with Gasteiger partial charge in [-0.25, -0.2) is 9.18 Å². The molecular formula is C10H15FN2O2. The van der Waals surface area contributed by atoms with E-state index in [1.807, 2.05) is 0 Å². The fraction of sp³-hybridized carbons (Fsp3) is 0.500. The maximum atomic E-state index is 13.5. The van der Waals surface area contributed by atoms with Crippen molar-refractivity contribution in [2.45, 2.75) is 19.1 Å². The zero-order chi connectivity index (χ0) is 11.4. The second-order valence-corrected chi connectivity index (χ2v) is 3.22. The number of aromatic nitrogens is 1. The summed E-state index contributed by atoms with van der Waals surface area (Å²) in [5.74, 6) is -0.911. The molecule has 1 rings (SSSR count). The van der Waals surface area contributed by atoms with Crippen molar-refractivity contribution in [2.75, 3.05) is 6.61 Å². The Morgan fingerprint density at radius 1 is 1.73 bits per heavy atom. The molecule has 0 spiro atoms.